The molecule has 0 radical (unpaired) electrons. The highest BCUT2D eigenvalue weighted by Crippen LogP contribution is 2.24. The van der Waals surface area contributed by atoms with Crippen LogP contribution in [0.3, 0.4) is 0 Å². The van der Waals surface area contributed by atoms with Crippen LogP contribution in [0.4, 0.5) is 0 Å². The second-order valence-corrected chi connectivity index (χ2v) is 6.94. The lowest BCUT2D eigenvalue weighted by atomic mass is 9.88. The number of tetrazole rings is 1. The molecule has 6 heteroatoms. The van der Waals surface area contributed by atoms with Crippen molar-refractivity contribution in [2.75, 3.05) is 12.3 Å². The molecule has 0 saturated carbocycles. The monoisotopic (exact) mass is 305 g/mol. The normalized spacial score (nSPS) is 11.8. The van der Waals surface area contributed by atoms with Gasteiger partial charge in [0, 0.05) is 5.75 Å². The number of nitrogens with zero attached hydrogens (tertiary/aromatic N) is 4. The van der Waals surface area contributed by atoms with Gasteiger partial charge in [-0.15, -0.1) is 5.10 Å². The van der Waals surface area contributed by atoms with E-state index in [1.807, 2.05) is 30.3 Å². The van der Waals surface area contributed by atoms with Crippen LogP contribution in [0.2, 0.25) is 0 Å². The third-order valence-corrected chi connectivity index (χ3v) is 4.48. The molecule has 21 heavy (non-hydrogen) atoms. The van der Waals surface area contributed by atoms with Crippen LogP contribution in [0.15, 0.2) is 35.5 Å². The predicted octanol–water partition coefficient (Wildman–Crippen LogP) is 2.91. The number of hydrogen-bond donors (Lipinski definition) is 1. The van der Waals surface area contributed by atoms with E-state index in [9.17, 15) is 0 Å². The summed E-state index contributed by atoms with van der Waals surface area (Å²) >= 11 is 1.70. The lowest BCUT2D eigenvalue weighted by Crippen LogP contribution is -2.23. The van der Waals surface area contributed by atoms with Crippen molar-refractivity contribution >= 4 is 11.8 Å². The van der Waals surface area contributed by atoms with Gasteiger partial charge in [-0.2, -0.15) is 4.68 Å². The van der Waals surface area contributed by atoms with Crippen LogP contribution in [0.25, 0.3) is 5.69 Å². The van der Waals surface area contributed by atoms with Gasteiger partial charge in [-0.25, -0.2) is 0 Å². The minimum absolute atomic E-state index is 0.246. The van der Waals surface area contributed by atoms with Crippen LogP contribution < -0.4 is 5.73 Å². The molecular weight excluding hydrogens is 282 g/mol. The molecule has 0 aliphatic carbocycles. The second kappa shape index (κ2) is 7.56. The van der Waals surface area contributed by atoms with Crippen LogP contribution >= 0.6 is 11.8 Å². The minimum atomic E-state index is 0.246. The molecule has 1 aromatic carbocycles. The summed E-state index contributed by atoms with van der Waals surface area (Å²) in [5.74, 6) is 1.02. The fraction of sp³-hybridized carbons (Fsp3) is 0.533. The molecule has 1 aromatic heterocycles. The molecule has 0 aliphatic heterocycles. The van der Waals surface area contributed by atoms with E-state index < -0.39 is 0 Å². The summed E-state index contributed by atoms with van der Waals surface area (Å²) in [5.41, 5.74) is 6.99. The van der Waals surface area contributed by atoms with Gasteiger partial charge < -0.3 is 5.73 Å². The van der Waals surface area contributed by atoms with E-state index in [1.165, 1.54) is 6.42 Å². The number of para-hydroxylation sites is 1. The summed E-state index contributed by atoms with van der Waals surface area (Å²) in [6, 6.07) is 9.97. The first-order chi connectivity index (χ1) is 10.1. The minimum Gasteiger partial charge on any atom is -0.330 e. The maximum atomic E-state index is 5.75. The van der Waals surface area contributed by atoms with Gasteiger partial charge in [0.2, 0.25) is 5.16 Å². The van der Waals surface area contributed by atoms with E-state index in [0.29, 0.717) is 0 Å². The highest BCUT2D eigenvalue weighted by molar-refractivity contribution is 7.99. The van der Waals surface area contributed by atoms with E-state index in [0.717, 1.165) is 36.0 Å². The number of benzene rings is 1. The fourth-order valence-corrected chi connectivity index (χ4v) is 2.86. The predicted molar refractivity (Wildman–Crippen MR) is 86.6 cm³/mol. The van der Waals surface area contributed by atoms with Crippen LogP contribution in [0.5, 0.6) is 0 Å². The Morgan fingerprint density at radius 2 is 1.95 bits per heavy atom. The summed E-state index contributed by atoms with van der Waals surface area (Å²) in [7, 11) is 0. The molecular formula is C15H23N5S. The SMILES string of the molecule is CC(C)(CN)CCCCSc1nnnn1-c1ccccc1. The van der Waals surface area contributed by atoms with Crippen molar-refractivity contribution < 1.29 is 0 Å². The number of aromatic nitrogens is 4. The molecule has 0 saturated heterocycles. The molecule has 0 fully saturated rings. The zero-order valence-corrected chi connectivity index (χ0v) is 13.5. The Morgan fingerprint density at radius 1 is 1.19 bits per heavy atom. The summed E-state index contributed by atoms with van der Waals surface area (Å²) in [6.07, 6.45) is 3.49. The molecule has 0 bridgehead atoms. The molecule has 114 valence electrons. The first-order valence-electron chi connectivity index (χ1n) is 7.29. The Kier molecular flexibility index (Phi) is 5.76. The van der Waals surface area contributed by atoms with Crippen molar-refractivity contribution in [3.8, 4) is 5.69 Å². The average Bonchev–Trinajstić information content (AvgIpc) is 2.96. The highest BCUT2D eigenvalue weighted by Gasteiger charge is 2.14. The summed E-state index contributed by atoms with van der Waals surface area (Å²) in [5, 5.41) is 12.8. The first kappa shape index (κ1) is 16.0. The average molecular weight is 305 g/mol. The zero-order chi connectivity index (χ0) is 15.1. The Morgan fingerprint density at radius 3 is 2.67 bits per heavy atom. The zero-order valence-electron chi connectivity index (χ0n) is 12.7. The molecule has 2 aromatic rings. The molecule has 0 amide bonds. The van der Waals surface area contributed by atoms with Gasteiger partial charge in [-0.05, 0) is 47.4 Å². The summed E-state index contributed by atoms with van der Waals surface area (Å²) in [4.78, 5) is 0. The molecule has 0 aliphatic rings. The summed E-state index contributed by atoms with van der Waals surface area (Å²) < 4.78 is 1.79. The third kappa shape index (κ3) is 4.82. The molecule has 2 N–H and O–H groups in total. The topological polar surface area (TPSA) is 69.6 Å². The van der Waals surface area contributed by atoms with E-state index in [-0.39, 0.29) is 5.41 Å². The van der Waals surface area contributed by atoms with Gasteiger partial charge in [0.25, 0.3) is 0 Å². The second-order valence-electron chi connectivity index (χ2n) is 5.88. The Bertz CT molecular complexity index is 538. The fourth-order valence-electron chi connectivity index (χ4n) is 1.97. The molecule has 0 spiro atoms. The standard InChI is InChI=1S/C15H23N5S/c1-15(2,12-16)10-6-7-11-21-14-17-18-19-20(14)13-8-4-3-5-9-13/h3-5,8-9H,6-7,10-12,16H2,1-2H3. The lowest BCUT2D eigenvalue weighted by molar-refractivity contribution is 0.336. The van der Waals surface area contributed by atoms with Gasteiger partial charge in [0.05, 0.1) is 5.69 Å². The van der Waals surface area contributed by atoms with Crippen molar-refractivity contribution in [2.24, 2.45) is 11.1 Å². The number of unbranched alkanes of at least 4 members (excludes halogenated alkanes) is 1. The Balaban J connectivity index is 1.81. The van der Waals surface area contributed by atoms with Crippen molar-refractivity contribution in [3.63, 3.8) is 0 Å². The van der Waals surface area contributed by atoms with Crippen molar-refractivity contribution in [2.45, 2.75) is 38.3 Å². The van der Waals surface area contributed by atoms with Crippen molar-refractivity contribution in [1.82, 2.24) is 20.2 Å². The van der Waals surface area contributed by atoms with E-state index in [4.69, 9.17) is 5.73 Å². The van der Waals surface area contributed by atoms with Crippen LogP contribution in [0, 0.1) is 5.41 Å². The van der Waals surface area contributed by atoms with Crippen LogP contribution in [-0.4, -0.2) is 32.5 Å². The molecule has 2 rings (SSSR count). The largest absolute Gasteiger partial charge is 0.330 e. The lowest BCUT2D eigenvalue weighted by Gasteiger charge is -2.21. The van der Waals surface area contributed by atoms with Gasteiger partial charge in [-0.3, -0.25) is 0 Å². The Hall–Kier alpha value is -1.40. The number of thioether (sulfide) groups is 1. The smallest absolute Gasteiger partial charge is 0.214 e. The third-order valence-electron chi connectivity index (χ3n) is 3.47. The maximum absolute atomic E-state index is 5.75. The number of hydrogen-bond acceptors (Lipinski definition) is 5. The Labute approximate surface area is 130 Å². The van der Waals surface area contributed by atoms with Crippen LogP contribution in [0.1, 0.15) is 33.1 Å². The molecule has 0 atom stereocenters. The maximum Gasteiger partial charge on any atom is 0.214 e. The highest BCUT2D eigenvalue weighted by atomic mass is 32.2. The number of rotatable bonds is 8. The van der Waals surface area contributed by atoms with E-state index >= 15 is 0 Å². The van der Waals surface area contributed by atoms with Gasteiger partial charge in [0.1, 0.15) is 0 Å². The number of nitrogens with two attached hydrogens (primary N) is 1. The van der Waals surface area contributed by atoms with E-state index in [1.54, 1.807) is 16.4 Å². The first-order valence-corrected chi connectivity index (χ1v) is 8.28. The quantitative estimate of drug-likeness (QED) is 0.600. The van der Waals surface area contributed by atoms with Gasteiger partial charge in [-0.1, -0.05) is 50.2 Å². The van der Waals surface area contributed by atoms with Gasteiger partial charge >= 0.3 is 0 Å². The summed E-state index contributed by atoms with van der Waals surface area (Å²) in [6.45, 7) is 5.18. The van der Waals surface area contributed by atoms with Crippen molar-refractivity contribution in [3.05, 3.63) is 30.3 Å². The van der Waals surface area contributed by atoms with Crippen LogP contribution in [-0.2, 0) is 0 Å². The molecule has 5 nitrogen and oxygen atoms in total. The van der Waals surface area contributed by atoms with Crippen molar-refractivity contribution in [1.29, 1.82) is 0 Å². The van der Waals surface area contributed by atoms with E-state index in [2.05, 4.69) is 29.4 Å². The molecule has 0 unspecified atom stereocenters. The van der Waals surface area contributed by atoms with Gasteiger partial charge in [0.15, 0.2) is 0 Å². The molecule has 1 heterocycles.